The third-order valence-electron chi connectivity index (χ3n) is 4.86. The Balaban J connectivity index is 0.000000483. The molecule has 1 radical (unpaired) electrons. The van der Waals surface area contributed by atoms with Gasteiger partial charge in [-0.1, -0.05) is 78.6 Å². The first-order valence-electron chi connectivity index (χ1n) is 9.99. The molecule has 0 N–H and O–H groups in total. The Morgan fingerprint density at radius 3 is 0.926 bits per heavy atom. The Hall–Kier alpha value is 1.15. The summed E-state index contributed by atoms with van der Waals surface area (Å²) < 4.78 is 0. The van der Waals surface area contributed by atoms with Gasteiger partial charge in [-0.3, -0.25) is 0 Å². The van der Waals surface area contributed by atoms with Gasteiger partial charge in [0.15, 0.2) is 0 Å². The maximum atomic E-state index is 2.44. The fraction of sp³-hybridized carbons (Fsp3) is 0.545. The molecule has 0 saturated carbocycles. The topological polar surface area (TPSA) is 0 Å². The molecule has 0 aliphatic heterocycles. The molecule has 2 aromatic rings. The third kappa shape index (κ3) is 8.43. The van der Waals surface area contributed by atoms with E-state index in [0.29, 0.717) is 0 Å². The second-order valence-electron chi connectivity index (χ2n) is 11.7. The van der Waals surface area contributed by atoms with Gasteiger partial charge >= 0.3 is 49.4 Å². The normalized spacial score (nSPS) is 12.9. The van der Waals surface area contributed by atoms with E-state index in [4.69, 9.17) is 0 Å². The van der Waals surface area contributed by atoms with Crippen LogP contribution in [0.15, 0.2) is 36.4 Å². The predicted molar refractivity (Wildman–Crippen MR) is 136 cm³/mol. The predicted octanol–water partition coefficient (Wildman–Crippen LogP) is 4.99. The first-order chi connectivity index (χ1) is 11.5. The van der Waals surface area contributed by atoms with E-state index in [9.17, 15) is 0 Å². The molecule has 0 heterocycles. The minimum Gasteiger partial charge on any atom is -0.214 e. The molecule has 0 aromatic heterocycles. The van der Waals surface area contributed by atoms with Crippen LogP contribution in [0.2, 0.25) is 78.6 Å². The zero-order valence-electron chi connectivity index (χ0n) is 19.8. The molecule has 0 spiro atoms. The van der Waals surface area contributed by atoms with Gasteiger partial charge < -0.3 is 0 Å². The van der Waals surface area contributed by atoms with E-state index < -0.39 is 32.3 Å². The Bertz CT molecular complexity index is 579. The van der Waals surface area contributed by atoms with Crippen LogP contribution in [-0.4, -0.2) is 32.3 Å². The molecule has 0 aliphatic rings. The van der Waals surface area contributed by atoms with E-state index in [0.717, 1.165) is 0 Å². The van der Waals surface area contributed by atoms with E-state index in [2.05, 4.69) is 115 Å². The van der Waals surface area contributed by atoms with Crippen LogP contribution in [0, 0.1) is 49.4 Å². The maximum Gasteiger partial charge on any atom is 2.00 e. The first kappa shape index (κ1) is 28.2. The van der Waals surface area contributed by atoms with Crippen LogP contribution < -0.4 is 20.7 Å². The summed E-state index contributed by atoms with van der Waals surface area (Å²) in [5.41, 5.74) is 0. The summed E-state index contributed by atoms with van der Waals surface area (Å²) in [5.74, 6) is 0. The van der Waals surface area contributed by atoms with E-state index >= 15 is 0 Å². The molecular weight excluding hydrogens is 529 g/mol. The van der Waals surface area contributed by atoms with Crippen molar-refractivity contribution in [1.82, 2.24) is 0 Å². The summed E-state index contributed by atoms with van der Waals surface area (Å²) in [5, 5.41) is 6.75. The molecule has 0 aliphatic carbocycles. The van der Waals surface area contributed by atoms with Crippen molar-refractivity contribution in [3.05, 3.63) is 36.4 Å². The van der Waals surface area contributed by atoms with Gasteiger partial charge in [-0.15, -0.1) is 0 Å². The van der Waals surface area contributed by atoms with Crippen LogP contribution in [0.5, 0.6) is 0 Å². The van der Waals surface area contributed by atoms with Crippen LogP contribution in [-0.2, 0) is 0 Å². The van der Waals surface area contributed by atoms with Crippen molar-refractivity contribution in [2.24, 2.45) is 0 Å². The molecule has 0 unspecified atom stereocenters. The van der Waals surface area contributed by atoms with E-state index in [1.54, 1.807) is 20.7 Å². The van der Waals surface area contributed by atoms with Crippen LogP contribution in [0.4, 0.5) is 0 Å². The summed E-state index contributed by atoms with van der Waals surface area (Å²) in [6.07, 6.45) is 0. The van der Waals surface area contributed by atoms with Gasteiger partial charge in [-0.2, -0.15) is 32.9 Å². The molecule has 0 amide bonds. The average molecular weight is 571 g/mol. The zero-order valence-corrected chi connectivity index (χ0v) is 26.3. The van der Waals surface area contributed by atoms with Gasteiger partial charge in [0.1, 0.15) is 0 Å². The second-order valence-corrected chi connectivity index (χ2v) is 31.9. The molecular formula is C22H42EuSi4. The molecule has 2 rings (SSSR count). The summed E-state index contributed by atoms with van der Waals surface area (Å²) in [6.45, 7) is 29.2. The molecule has 153 valence electrons. The standard InChI is InChI=1S/2C11H21Si2.Eu/c2*1-12(2,3)10-8-7-9-11(10)13(4,5)6;/h2*7-9H,1-6H3;/q2*-1;+2. The Morgan fingerprint density at radius 2 is 0.778 bits per heavy atom. The fourth-order valence-electron chi connectivity index (χ4n) is 3.46. The molecule has 0 bridgehead atoms. The van der Waals surface area contributed by atoms with Gasteiger partial charge in [-0.25, -0.2) is 24.3 Å². The van der Waals surface area contributed by atoms with E-state index in [-0.39, 0.29) is 49.4 Å². The quantitative estimate of drug-likeness (QED) is 0.359. The monoisotopic (exact) mass is 571 g/mol. The minimum absolute atomic E-state index is 0. The molecule has 27 heavy (non-hydrogen) atoms. The van der Waals surface area contributed by atoms with Crippen molar-refractivity contribution in [1.29, 1.82) is 0 Å². The Kier molecular flexibility index (Phi) is 10.4. The van der Waals surface area contributed by atoms with Crippen LogP contribution in [0.3, 0.4) is 0 Å². The van der Waals surface area contributed by atoms with Gasteiger partial charge in [0.05, 0.1) is 16.1 Å². The summed E-state index contributed by atoms with van der Waals surface area (Å²) in [4.78, 5) is 0. The van der Waals surface area contributed by atoms with Crippen molar-refractivity contribution in [2.45, 2.75) is 78.6 Å². The molecule has 0 atom stereocenters. The summed E-state index contributed by atoms with van der Waals surface area (Å²) in [6, 6.07) is 13.9. The Labute approximate surface area is 214 Å². The molecule has 5 heteroatoms. The number of hydrogen-bond donors (Lipinski definition) is 0. The van der Waals surface area contributed by atoms with Crippen molar-refractivity contribution in [2.75, 3.05) is 0 Å². The zero-order chi connectivity index (χ0) is 20.6. The first-order valence-corrected chi connectivity index (χ1v) is 24.0. The number of hydrogen-bond acceptors (Lipinski definition) is 0. The van der Waals surface area contributed by atoms with Gasteiger partial charge in [-0.05, 0) is 0 Å². The van der Waals surface area contributed by atoms with E-state index in [1.165, 1.54) is 0 Å². The Morgan fingerprint density at radius 1 is 0.519 bits per heavy atom. The smallest absolute Gasteiger partial charge is 0.214 e. The van der Waals surface area contributed by atoms with E-state index in [1.807, 2.05) is 0 Å². The largest absolute Gasteiger partial charge is 2.00 e. The molecule has 0 nitrogen and oxygen atoms in total. The van der Waals surface area contributed by atoms with Crippen molar-refractivity contribution < 1.29 is 49.4 Å². The van der Waals surface area contributed by atoms with Crippen LogP contribution in [0.25, 0.3) is 0 Å². The fourth-order valence-corrected chi connectivity index (χ4v) is 13.9. The molecule has 0 fully saturated rings. The average Bonchev–Trinajstić information content (AvgIpc) is 3.06. The van der Waals surface area contributed by atoms with Crippen molar-refractivity contribution in [3.8, 4) is 0 Å². The van der Waals surface area contributed by atoms with Gasteiger partial charge in [0.25, 0.3) is 0 Å². The minimum atomic E-state index is -1.10. The maximum absolute atomic E-state index is 2.44. The number of rotatable bonds is 4. The third-order valence-corrected chi connectivity index (χ3v) is 13.6. The van der Waals surface area contributed by atoms with Gasteiger partial charge in [0.2, 0.25) is 0 Å². The molecule has 2 aromatic carbocycles. The summed E-state index contributed by atoms with van der Waals surface area (Å²) >= 11 is 0. The van der Waals surface area contributed by atoms with Crippen molar-refractivity contribution in [3.63, 3.8) is 0 Å². The van der Waals surface area contributed by atoms with Crippen LogP contribution in [0.1, 0.15) is 0 Å². The summed E-state index contributed by atoms with van der Waals surface area (Å²) in [7, 11) is -4.40. The van der Waals surface area contributed by atoms with Crippen LogP contribution >= 0.6 is 0 Å². The van der Waals surface area contributed by atoms with Gasteiger partial charge in [0, 0.05) is 16.1 Å². The van der Waals surface area contributed by atoms with Crippen molar-refractivity contribution >= 4 is 53.0 Å². The second kappa shape index (κ2) is 9.97. The SMILES string of the molecule is C[Si](C)(C)c1ccc[c-]1[Si](C)(C)C.C[Si](C)(C)c1ccc[c-]1[Si](C)(C)C.[Eu+2]. The molecule has 0 saturated heterocycles.